The second-order valence-corrected chi connectivity index (χ2v) is 8.11. The first-order valence-electron chi connectivity index (χ1n) is 10.1. The number of benzene rings is 3. The molecule has 0 saturated carbocycles. The monoisotopic (exact) mass is 490 g/mol. The molecule has 3 aromatic carbocycles. The van der Waals surface area contributed by atoms with Crippen molar-refractivity contribution >= 4 is 23.4 Å². The Morgan fingerprint density at radius 2 is 1.62 bits per heavy atom. The van der Waals surface area contributed by atoms with Gasteiger partial charge in [0.25, 0.3) is 0 Å². The Kier molecular flexibility index (Phi) is 6.24. The van der Waals surface area contributed by atoms with E-state index in [0.29, 0.717) is 5.75 Å². The van der Waals surface area contributed by atoms with Crippen LogP contribution in [0.3, 0.4) is 0 Å². The number of Topliss-reactive ketones (excluding diaryl/α,β-unsaturated/α-hetero) is 1. The highest BCUT2D eigenvalue weighted by molar-refractivity contribution is 6.30. The number of ketones is 1. The largest absolute Gasteiger partial charge is 0.457 e. The van der Waals surface area contributed by atoms with E-state index in [1.807, 2.05) is 0 Å². The number of alkyl halides is 3. The third-order valence-electron chi connectivity index (χ3n) is 5.41. The third kappa shape index (κ3) is 4.57. The summed E-state index contributed by atoms with van der Waals surface area (Å²) in [5, 5.41) is 14.8. The molecule has 10 heteroatoms. The molecular weight excluding hydrogens is 473 g/mol. The fourth-order valence-electron chi connectivity index (χ4n) is 3.81. The van der Waals surface area contributed by atoms with Crippen molar-refractivity contribution < 1.29 is 32.6 Å². The molecule has 1 heterocycles. The van der Waals surface area contributed by atoms with Crippen molar-refractivity contribution in [3.05, 3.63) is 95.0 Å². The van der Waals surface area contributed by atoms with Crippen molar-refractivity contribution in [1.29, 1.82) is 0 Å². The van der Waals surface area contributed by atoms with Crippen LogP contribution in [-0.2, 0) is 0 Å². The molecule has 0 aromatic heterocycles. The molecule has 1 saturated heterocycles. The predicted octanol–water partition coefficient (Wildman–Crippen LogP) is 5.24. The van der Waals surface area contributed by atoms with Gasteiger partial charge in [-0.3, -0.25) is 4.79 Å². The minimum Gasteiger partial charge on any atom is -0.457 e. The zero-order valence-corrected chi connectivity index (χ0v) is 18.1. The number of para-hydroxylation sites is 1. The van der Waals surface area contributed by atoms with E-state index in [4.69, 9.17) is 16.3 Å². The highest BCUT2D eigenvalue weighted by Gasteiger charge is 2.66. The van der Waals surface area contributed by atoms with E-state index in [9.17, 15) is 27.9 Å². The summed E-state index contributed by atoms with van der Waals surface area (Å²) in [6, 6.07) is 17.0. The lowest BCUT2D eigenvalue weighted by Gasteiger charge is -2.45. The number of nitrogens with one attached hydrogen (secondary N) is 2. The van der Waals surface area contributed by atoms with Crippen LogP contribution in [0.15, 0.2) is 78.9 Å². The standard InChI is InChI=1S/C24H18ClF3N2O4/c25-16-11-9-14(10-12-16)21(31)19-20(29-22(32)30-23(19,33)24(26,27)28)15-5-4-8-18(13-15)34-17-6-2-1-3-7-17/h1-13,19-20,33H,(H2,29,30,32)/t19-,20+,23-/m1/s1. The molecule has 1 fully saturated rings. The maximum atomic E-state index is 14.1. The van der Waals surface area contributed by atoms with Crippen LogP contribution in [0.4, 0.5) is 18.0 Å². The average Bonchev–Trinajstić information content (AvgIpc) is 2.79. The quantitative estimate of drug-likeness (QED) is 0.427. The van der Waals surface area contributed by atoms with E-state index in [2.05, 4.69) is 5.32 Å². The summed E-state index contributed by atoms with van der Waals surface area (Å²) in [7, 11) is 0. The van der Waals surface area contributed by atoms with Gasteiger partial charge in [-0.05, 0) is 54.1 Å². The molecule has 1 aliphatic heterocycles. The number of carbonyl (C=O) groups is 2. The fourth-order valence-corrected chi connectivity index (χ4v) is 3.93. The minimum absolute atomic E-state index is 0.114. The molecular formula is C24H18ClF3N2O4. The molecule has 176 valence electrons. The first-order valence-corrected chi connectivity index (χ1v) is 10.5. The normalized spacial score (nSPS) is 22.4. The summed E-state index contributed by atoms with van der Waals surface area (Å²) < 4.78 is 47.9. The highest BCUT2D eigenvalue weighted by atomic mass is 35.5. The predicted molar refractivity (Wildman–Crippen MR) is 118 cm³/mol. The number of rotatable bonds is 5. The van der Waals surface area contributed by atoms with E-state index in [1.54, 1.807) is 36.4 Å². The average molecular weight is 491 g/mol. The maximum absolute atomic E-state index is 14.1. The Labute approximate surface area is 197 Å². The summed E-state index contributed by atoms with van der Waals surface area (Å²) in [4.78, 5) is 25.5. The molecule has 0 unspecified atom stereocenters. The van der Waals surface area contributed by atoms with Gasteiger partial charge in [-0.25, -0.2) is 4.79 Å². The second kappa shape index (κ2) is 9.00. The van der Waals surface area contributed by atoms with Gasteiger partial charge in [0.05, 0.1) is 6.04 Å². The highest BCUT2D eigenvalue weighted by Crippen LogP contribution is 2.44. The van der Waals surface area contributed by atoms with Crippen LogP contribution < -0.4 is 15.4 Å². The zero-order chi connectivity index (χ0) is 24.5. The van der Waals surface area contributed by atoms with Crippen LogP contribution in [0.5, 0.6) is 11.5 Å². The van der Waals surface area contributed by atoms with Crippen molar-refractivity contribution in [1.82, 2.24) is 10.6 Å². The number of ether oxygens (including phenoxy) is 1. The number of amides is 2. The van der Waals surface area contributed by atoms with Crippen molar-refractivity contribution in [2.24, 2.45) is 5.92 Å². The number of urea groups is 1. The van der Waals surface area contributed by atoms with Crippen molar-refractivity contribution in [3.63, 3.8) is 0 Å². The Balaban J connectivity index is 1.78. The Hall–Kier alpha value is -3.56. The van der Waals surface area contributed by atoms with E-state index < -0.39 is 35.7 Å². The van der Waals surface area contributed by atoms with Crippen LogP contribution in [0.2, 0.25) is 5.02 Å². The lowest BCUT2D eigenvalue weighted by molar-refractivity contribution is -0.287. The molecule has 0 bridgehead atoms. The number of aliphatic hydroxyl groups is 1. The first-order chi connectivity index (χ1) is 16.1. The molecule has 0 radical (unpaired) electrons. The van der Waals surface area contributed by atoms with Crippen LogP contribution in [0.25, 0.3) is 0 Å². The summed E-state index contributed by atoms with van der Waals surface area (Å²) in [6.45, 7) is 0. The van der Waals surface area contributed by atoms with Gasteiger partial charge in [0.1, 0.15) is 17.4 Å². The smallest absolute Gasteiger partial charge is 0.437 e. The van der Waals surface area contributed by atoms with Crippen LogP contribution >= 0.6 is 11.6 Å². The van der Waals surface area contributed by atoms with E-state index in [-0.39, 0.29) is 21.9 Å². The van der Waals surface area contributed by atoms with Gasteiger partial charge in [-0.15, -0.1) is 0 Å². The molecule has 34 heavy (non-hydrogen) atoms. The van der Waals surface area contributed by atoms with Gasteiger partial charge in [0.2, 0.25) is 5.72 Å². The summed E-state index contributed by atoms with van der Waals surface area (Å²) in [5.74, 6) is -2.44. The lowest BCUT2D eigenvalue weighted by atomic mass is 9.77. The summed E-state index contributed by atoms with van der Waals surface area (Å²) in [6.07, 6.45) is -5.35. The van der Waals surface area contributed by atoms with E-state index >= 15 is 0 Å². The number of carbonyl (C=O) groups excluding carboxylic acids is 2. The molecule has 3 atom stereocenters. The third-order valence-corrected chi connectivity index (χ3v) is 5.67. The molecule has 3 N–H and O–H groups in total. The van der Waals surface area contributed by atoms with Crippen molar-refractivity contribution in [3.8, 4) is 11.5 Å². The van der Waals surface area contributed by atoms with Crippen molar-refractivity contribution in [2.45, 2.75) is 17.9 Å². The van der Waals surface area contributed by atoms with Crippen LogP contribution in [-0.4, -0.2) is 28.8 Å². The zero-order valence-electron chi connectivity index (χ0n) is 17.3. The van der Waals surface area contributed by atoms with Crippen LogP contribution in [0, 0.1) is 5.92 Å². The Morgan fingerprint density at radius 1 is 0.971 bits per heavy atom. The molecule has 4 rings (SSSR count). The summed E-state index contributed by atoms with van der Waals surface area (Å²) >= 11 is 5.83. The maximum Gasteiger partial charge on any atom is 0.437 e. The molecule has 0 spiro atoms. The SMILES string of the molecule is O=C1N[C@@H](c2cccc(Oc3ccccc3)c2)[C@H](C(=O)c2ccc(Cl)cc2)[C@@](O)(C(F)(F)F)N1. The molecule has 2 amide bonds. The second-order valence-electron chi connectivity index (χ2n) is 7.68. The number of halogens is 4. The van der Waals surface area contributed by atoms with Gasteiger partial charge in [0.15, 0.2) is 5.78 Å². The van der Waals surface area contributed by atoms with Gasteiger partial charge < -0.3 is 20.5 Å². The molecule has 0 aliphatic carbocycles. The lowest BCUT2D eigenvalue weighted by Crippen LogP contribution is -2.72. The van der Waals surface area contributed by atoms with Gasteiger partial charge >= 0.3 is 12.2 Å². The topological polar surface area (TPSA) is 87.7 Å². The molecule has 1 aliphatic rings. The van der Waals surface area contributed by atoms with Crippen LogP contribution in [0.1, 0.15) is 22.0 Å². The fraction of sp³-hybridized carbons (Fsp3) is 0.167. The molecule has 3 aromatic rings. The number of hydrogen-bond donors (Lipinski definition) is 3. The first kappa shape index (κ1) is 23.6. The van der Waals surface area contributed by atoms with E-state index in [1.165, 1.54) is 47.8 Å². The Morgan fingerprint density at radius 3 is 2.26 bits per heavy atom. The minimum atomic E-state index is -5.35. The number of hydrogen-bond acceptors (Lipinski definition) is 4. The van der Waals surface area contributed by atoms with Gasteiger partial charge in [-0.1, -0.05) is 41.9 Å². The van der Waals surface area contributed by atoms with E-state index in [0.717, 1.165) is 0 Å². The molecule has 6 nitrogen and oxygen atoms in total. The van der Waals surface area contributed by atoms with Gasteiger partial charge in [0, 0.05) is 10.6 Å². The Bertz CT molecular complexity index is 1200. The van der Waals surface area contributed by atoms with Gasteiger partial charge in [-0.2, -0.15) is 13.2 Å². The van der Waals surface area contributed by atoms with Crippen molar-refractivity contribution in [2.75, 3.05) is 0 Å². The summed E-state index contributed by atoms with van der Waals surface area (Å²) in [5.41, 5.74) is -3.80.